The third-order valence-electron chi connectivity index (χ3n) is 5.35. The van der Waals surface area contributed by atoms with Gasteiger partial charge < -0.3 is 9.30 Å². The van der Waals surface area contributed by atoms with E-state index in [0.29, 0.717) is 19.4 Å². The molecule has 0 aliphatic carbocycles. The molecule has 0 saturated carbocycles. The predicted octanol–water partition coefficient (Wildman–Crippen LogP) is 6.28. The van der Waals surface area contributed by atoms with Crippen LogP contribution in [0.15, 0.2) is 66.2 Å². The van der Waals surface area contributed by atoms with Gasteiger partial charge in [0.15, 0.2) is 0 Å². The van der Waals surface area contributed by atoms with Gasteiger partial charge >= 0.3 is 5.97 Å². The molecule has 0 unspecified atom stereocenters. The number of hydrogen-bond acceptors (Lipinski definition) is 3. The van der Waals surface area contributed by atoms with Gasteiger partial charge in [0.05, 0.1) is 17.1 Å². The number of rotatable bonds is 8. The van der Waals surface area contributed by atoms with E-state index < -0.39 is 0 Å². The summed E-state index contributed by atoms with van der Waals surface area (Å²) in [7, 11) is 0. The Balaban J connectivity index is 1.66. The number of aryl methyl sites for hydroxylation is 4. The Kier molecular flexibility index (Phi) is 6.34. The number of aromatic nitrogens is 1. The summed E-state index contributed by atoms with van der Waals surface area (Å²) < 4.78 is 7.39. The van der Waals surface area contributed by atoms with E-state index in [4.69, 9.17) is 4.74 Å². The van der Waals surface area contributed by atoms with E-state index in [2.05, 4.69) is 77.7 Å². The van der Waals surface area contributed by atoms with Gasteiger partial charge in [-0.1, -0.05) is 36.4 Å². The van der Waals surface area contributed by atoms with Crippen molar-refractivity contribution < 1.29 is 9.53 Å². The van der Waals surface area contributed by atoms with Gasteiger partial charge in [-0.3, -0.25) is 4.79 Å². The topological polar surface area (TPSA) is 31.2 Å². The van der Waals surface area contributed by atoms with Crippen LogP contribution in [0.5, 0.6) is 0 Å². The van der Waals surface area contributed by atoms with Crippen LogP contribution in [0.2, 0.25) is 0 Å². The standard InChI is InChI=1S/C26H27NO2S/c1-3-29-26(28)14-11-21-10-13-24-23(16-21)22(12-9-20-7-5-4-6-8-20)17-27(24)25-15-19(2)18-30-25/h4-8,10,13,15-18H,3,9,11-12,14H2,1-2H3. The molecule has 2 heterocycles. The van der Waals surface area contributed by atoms with Crippen LogP contribution in [0.4, 0.5) is 0 Å². The number of benzene rings is 2. The normalized spacial score (nSPS) is 11.1. The van der Waals surface area contributed by atoms with E-state index in [1.54, 1.807) is 11.3 Å². The molecule has 0 bridgehead atoms. The highest BCUT2D eigenvalue weighted by Gasteiger charge is 2.13. The molecule has 4 heteroatoms. The first kappa shape index (κ1) is 20.4. The molecule has 2 aromatic heterocycles. The van der Waals surface area contributed by atoms with Gasteiger partial charge in [-0.25, -0.2) is 0 Å². The van der Waals surface area contributed by atoms with E-state index in [9.17, 15) is 4.79 Å². The van der Waals surface area contributed by atoms with E-state index in [0.717, 1.165) is 12.8 Å². The van der Waals surface area contributed by atoms with E-state index in [1.165, 1.54) is 38.2 Å². The zero-order valence-electron chi connectivity index (χ0n) is 17.6. The van der Waals surface area contributed by atoms with Crippen molar-refractivity contribution in [2.24, 2.45) is 0 Å². The lowest BCUT2D eigenvalue weighted by Gasteiger charge is -2.05. The van der Waals surface area contributed by atoms with Crippen molar-refractivity contribution in [3.63, 3.8) is 0 Å². The van der Waals surface area contributed by atoms with Crippen molar-refractivity contribution in [1.82, 2.24) is 4.57 Å². The second-order valence-corrected chi connectivity index (χ2v) is 8.52. The largest absolute Gasteiger partial charge is 0.466 e. The van der Waals surface area contributed by atoms with Crippen LogP contribution in [0, 0.1) is 6.92 Å². The summed E-state index contributed by atoms with van der Waals surface area (Å²) in [5.41, 5.74) is 6.38. The molecule has 3 nitrogen and oxygen atoms in total. The molecule has 0 amide bonds. The van der Waals surface area contributed by atoms with Gasteiger partial charge in [-0.15, -0.1) is 11.3 Å². The number of carbonyl (C=O) groups is 1. The molecule has 0 atom stereocenters. The first-order valence-electron chi connectivity index (χ1n) is 10.5. The summed E-state index contributed by atoms with van der Waals surface area (Å²) in [5, 5.41) is 4.71. The Morgan fingerprint density at radius 1 is 1.00 bits per heavy atom. The molecule has 0 N–H and O–H groups in total. The minimum absolute atomic E-state index is 0.131. The fourth-order valence-corrected chi connectivity index (χ4v) is 4.72. The van der Waals surface area contributed by atoms with Crippen molar-refractivity contribution in [3.8, 4) is 5.00 Å². The molecule has 2 aromatic carbocycles. The molecule has 154 valence electrons. The van der Waals surface area contributed by atoms with E-state index >= 15 is 0 Å². The fraction of sp³-hybridized carbons (Fsp3) is 0.269. The van der Waals surface area contributed by atoms with Gasteiger partial charge in [0, 0.05) is 18.0 Å². The minimum atomic E-state index is -0.131. The Hall–Kier alpha value is -2.85. The highest BCUT2D eigenvalue weighted by Crippen LogP contribution is 2.30. The molecule has 0 radical (unpaired) electrons. The zero-order valence-corrected chi connectivity index (χ0v) is 18.4. The van der Waals surface area contributed by atoms with Gasteiger partial charge in [-0.05, 0) is 78.9 Å². The second kappa shape index (κ2) is 9.31. The third-order valence-corrected chi connectivity index (χ3v) is 6.40. The number of thiophene rings is 1. The summed E-state index contributed by atoms with van der Waals surface area (Å²) in [6, 6.07) is 19.5. The summed E-state index contributed by atoms with van der Waals surface area (Å²) in [5.74, 6) is -0.131. The van der Waals surface area contributed by atoms with Gasteiger partial charge in [0.25, 0.3) is 0 Å². The maximum Gasteiger partial charge on any atom is 0.306 e. The van der Waals surface area contributed by atoms with Crippen LogP contribution in [-0.2, 0) is 28.8 Å². The predicted molar refractivity (Wildman–Crippen MR) is 125 cm³/mol. The van der Waals surface area contributed by atoms with Crippen molar-refractivity contribution in [2.45, 2.75) is 39.5 Å². The monoisotopic (exact) mass is 417 g/mol. The number of nitrogens with zero attached hydrogens (tertiary/aromatic N) is 1. The summed E-state index contributed by atoms with van der Waals surface area (Å²) in [6.07, 6.45) is 5.41. The fourth-order valence-electron chi connectivity index (χ4n) is 3.83. The Morgan fingerprint density at radius 3 is 2.57 bits per heavy atom. The molecule has 4 rings (SSSR count). The van der Waals surface area contributed by atoms with E-state index in [-0.39, 0.29) is 5.97 Å². The molecule has 0 aliphatic rings. The van der Waals surface area contributed by atoms with E-state index in [1.807, 2.05) is 6.92 Å². The maximum absolute atomic E-state index is 11.8. The molecular weight excluding hydrogens is 390 g/mol. The molecular formula is C26H27NO2S. The van der Waals surface area contributed by atoms with Crippen LogP contribution in [-0.4, -0.2) is 17.1 Å². The van der Waals surface area contributed by atoms with Crippen LogP contribution >= 0.6 is 11.3 Å². The SMILES string of the molecule is CCOC(=O)CCc1ccc2c(c1)c(CCc1ccccc1)cn2-c1cc(C)cs1. The number of esters is 1. The third kappa shape index (κ3) is 4.65. The van der Waals surface area contributed by atoms with Crippen LogP contribution in [0.25, 0.3) is 15.9 Å². The average molecular weight is 418 g/mol. The van der Waals surface area contributed by atoms with Gasteiger partial charge in [0.2, 0.25) is 0 Å². The first-order valence-corrected chi connectivity index (χ1v) is 11.4. The smallest absolute Gasteiger partial charge is 0.306 e. The van der Waals surface area contributed by atoms with Crippen molar-refractivity contribution >= 4 is 28.2 Å². The Labute approximate surface area is 181 Å². The average Bonchev–Trinajstić information content (AvgIpc) is 3.35. The summed E-state index contributed by atoms with van der Waals surface area (Å²) in [4.78, 5) is 11.8. The molecule has 0 spiro atoms. The minimum Gasteiger partial charge on any atom is -0.466 e. The zero-order chi connectivity index (χ0) is 20.9. The summed E-state index contributed by atoms with van der Waals surface area (Å²) in [6.45, 7) is 4.41. The highest BCUT2D eigenvalue weighted by molar-refractivity contribution is 7.12. The second-order valence-electron chi connectivity index (χ2n) is 7.63. The van der Waals surface area contributed by atoms with Crippen molar-refractivity contribution in [2.75, 3.05) is 6.61 Å². The van der Waals surface area contributed by atoms with Crippen LogP contribution in [0.1, 0.15) is 35.6 Å². The number of fused-ring (bicyclic) bond motifs is 1. The van der Waals surface area contributed by atoms with Crippen molar-refractivity contribution in [3.05, 3.63) is 88.4 Å². The summed E-state index contributed by atoms with van der Waals surface area (Å²) >= 11 is 1.77. The van der Waals surface area contributed by atoms with Crippen LogP contribution < -0.4 is 0 Å². The lowest BCUT2D eigenvalue weighted by atomic mass is 10.0. The first-order chi connectivity index (χ1) is 14.6. The van der Waals surface area contributed by atoms with Gasteiger partial charge in [-0.2, -0.15) is 0 Å². The number of hydrogen-bond donors (Lipinski definition) is 0. The van der Waals surface area contributed by atoms with Crippen LogP contribution in [0.3, 0.4) is 0 Å². The lowest BCUT2D eigenvalue weighted by Crippen LogP contribution is -2.05. The highest BCUT2D eigenvalue weighted by atomic mass is 32.1. The molecule has 0 aliphatic heterocycles. The lowest BCUT2D eigenvalue weighted by molar-refractivity contribution is -0.143. The molecule has 0 fully saturated rings. The quantitative estimate of drug-likeness (QED) is 0.316. The maximum atomic E-state index is 11.8. The molecule has 4 aromatic rings. The Bertz CT molecular complexity index is 1140. The number of ether oxygens (including phenoxy) is 1. The Morgan fingerprint density at radius 2 is 1.83 bits per heavy atom. The van der Waals surface area contributed by atoms with Crippen molar-refractivity contribution in [1.29, 1.82) is 0 Å². The molecule has 30 heavy (non-hydrogen) atoms. The van der Waals surface area contributed by atoms with Gasteiger partial charge in [0.1, 0.15) is 0 Å². The number of carbonyl (C=O) groups excluding carboxylic acids is 1. The molecule has 0 saturated heterocycles.